The third-order valence-electron chi connectivity index (χ3n) is 6.48. The lowest BCUT2D eigenvalue weighted by Crippen LogP contribution is -2.34. The zero-order chi connectivity index (χ0) is 26.9. The number of halogens is 1. The number of anilines is 1. The lowest BCUT2D eigenvalue weighted by Gasteiger charge is -2.32. The Morgan fingerprint density at radius 3 is 2.71 bits per heavy atom. The van der Waals surface area contributed by atoms with Gasteiger partial charge in [-0.2, -0.15) is 4.98 Å². The van der Waals surface area contributed by atoms with Crippen LogP contribution in [0.2, 0.25) is 0 Å². The molecule has 1 fully saturated rings. The first kappa shape index (κ1) is 27.4. The fourth-order valence-corrected chi connectivity index (χ4v) is 4.24. The van der Waals surface area contributed by atoms with Crippen molar-refractivity contribution >= 4 is 11.9 Å². The van der Waals surface area contributed by atoms with Crippen molar-refractivity contribution in [1.82, 2.24) is 25.4 Å². The maximum absolute atomic E-state index is 14.3. The molecule has 1 aliphatic heterocycles. The molecule has 12 heteroatoms. The summed E-state index contributed by atoms with van der Waals surface area (Å²) >= 11 is 0. The van der Waals surface area contributed by atoms with E-state index in [-0.39, 0.29) is 12.1 Å². The molecule has 1 aliphatic rings. The van der Waals surface area contributed by atoms with Crippen LogP contribution in [0.4, 0.5) is 10.3 Å². The number of carbonyl (C=O) groups excluding carboxylic acids is 1. The summed E-state index contributed by atoms with van der Waals surface area (Å²) in [6, 6.07) is 4.08. The highest BCUT2D eigenvalue weighted by atomic mass is 19.1. The highest BCUT2D eigenvalue weighted by Crippen LogP contribution is 2.25. The van der Waals surface area contributed by atoms with Crippen LogP contribution in [0.5, 0.6) is 5.75 Å². The fraction of sp³-hybridized carbons (Fsp3) is 0.500. The van der Waals surface area contributed by atoms with E-state index in [9.17, 15) is 14.3 Å². The fourth-order valence-electron chi connectivity index (χ4n) is 4.24. The molecule has 1 saturated heterocycles. The average Bonchev–Trinajstić information content (AvgIpc) is 3.44. The zero-order valence-corrected chi connectivity index (χ0v) is 21.3. The monoisotopic (exact) mass is 528 g/mol. The number of aromatic nitrogens is 4. The van der Waals surface area contributed by atoms with E-state index in [1.54, 1.807) is 18.5 Å². The number of aryl methyl sites for hydroxylation is 1. The number of nitrogens with zero attached hydrogens (tertiary/aromatic N) is 5. The Bertz CT molecular complexity index is 1180. The minimum Gasteiger partial charge on any atom is -0.493 e. The van der Waals surface area contributed by atoms with Gasteiger partial charge in [-0.05, 0) is 43.7 Å². The number of amides is 1. The summed E-state index contributed by atoms with van der Waals surface area (Å²) < 4.78 is 25.2. The molecule has 1 amide bonds. The Hall–Kier alpha value is -3.64. The van der Waals surface area contributed by atoms with E-state index in [0.717, 1.165) is 44.3 Å². The Morgan fingerprint density at radius 1 is 1.29 bits per heavy atom. The number of carbonyl (C=O) groups is 1. The van der Waals surface area contributed by atoms with Gasteiger partial charge in [0.05, 0.1) is 30.4 Å². The summed E-state index contributed by atoms with van der Waals surface area (Å²) in [6.45, 7) is 3.50. The summed E-state index contributed by atoms with van der Waals surface area (Å²) in [7, 11) is 0. The van der Waals surface area contributed by atoms with Gasteiger partial charge in [-0.15, -0.1) is 0 Å². The van der Waals surface area contributed by atoms with Crippen LogP contribution in [-0.2, 0) is 6.42 Å². The van der Waals surface area contributed by atoms with Crippen LogP contribution in [-0.4, -0.2) is 75.2 Å². The van der Waals surface area contributed by atoms with Gasteiger partial charge in [0.2, 0.25) is 17.7 Å². The first-order valence-electron chi connectivity index (χ1n) is 12.9. The zero-order valence-electron chi connectivity index (χ0n) is 21.3. The first-order valence-corrected chi connectivity index (χ1v) is 12.9. The van der Waals surface area contributed by atoms with E-state index in [1.165, 1.54) is 12.1 Å². The number of nitrogens with one attached hydrogen (secondary N) is 1. The molecule has 0 bridgehead atoms. The first-order chi connectivity index (χ1) is 18.5. The summed E-state index contributed by atoms with van der Waals surface area (Å²) in [5.74, 6) is 1.33. The summed E-state index contributed by atoms with van der Waals surface area (Å²) in [4.78, 5) is 27.5. The molecule has 1 unspecified atom stereocenters. The van der Waals surface area contributed by atoms with Crippen molar-refractivity contribution in [1.29, 1.82) is 0 Å². The molecule has 0 spiro atoms. The molecule has 1 atom stereocenters. The van der Waals surface area contributed by atoms with Crippen molar-refractivity contribution in [3.63, 3.8) is 0 Å². The minimum absolute atomic E-state index is 0.145. The third kappa shape index (κ3) is 7.23. The third-order valence-corrected chi connectivity index (χ3v) is 6.48. The molecule has 3 aromatic rings. The molecule has 0 aliphatic carbocycles. The van der Waals surface area contributed by atoms with Crippen molar-refractivity contribution < 1.29 is 28.7 Å². The summed E-state index contributed by atoms with van der Waals surface area (Å²) in [6.07, 6.45) is 6.93. The normalized spacial score (nSPS) is 14.9. The van der Waals surface area contributed by atoms with Crippen molar-refractivity contribution in [2.24, 2.45) is 5.92 Å². The van der Waals surface area contributed by atoms with Crippen LogP contribution in [0.25, 0.3) is 11.4 Å². The molecule has 1 aromatic carbocycles. The summed E-state index contributed by atoms with van der Waals surface area (Å²) in [5.41, 5.74) is 0.580. The van der Waals surface area contributed by atoms with Crippen molar-refractivity contribution in [3.8, 4) is 17.1 Å². The molecule has 0 radical (unpaired) electrons. The number of ether oxygens (including phenoxy) is 1. The van der Waals surface area contributed by atoms with E-state index in [4.69, 9.17) is 14.4 Å². The second-order valence-corrected chi connectivity index (χ2v) is 9.25. The van der Waals surface area contributed by atoms with Crippen molar-refractivity contribution in [2.45, 2.75) is 45.1 Å². The molecule has 0 saturated carbocycles. The number of aliphatic hydroxyl groups is 2. The smallest absolute Gasteiger partial charge is 0.254 e. The number of aliphatic hydroxyl groups excluding tert-OH is 2. The van der Waals surface area contributed by atoms with E-state index < -0.39 is 24.4 Å². The maximum Gasteiger partial charge on any atom is 0.254 e. The largest absolute Gasteiger partial charge is 0.493 e. The number of benzene rings is 1. The molecule has 3 heterocycles. The highest BCUT2D eigenvalue weighted by Gasteiger charge is 2.21. The van der Waals surface area contributed by atoms with E-state index in [1.807, 2.05) is 6.92 Å². The van der Waals surface area contributed by atoms with Crippen LogP contribution < -0.4 is 15.0 Å². The SMILES string of the molecule is CCc1nc(-c2cnc(N3CCC(CCCOc4ccc(C(=O)NCC(O)CO)c(F)c4)CC3)nc2)no1. The Labute approximate surface area is 220 Å². The van der Waals surface area contributed by atoms with Crippen molar-refractivity contribution in [2.75, 3.05) is 37.7 Å². The molecular weight excluding hydrogens is 495 g/mol. The van der Waals surface area contributed by atoms with E-state index in [2.05, 4.69) is 30.3 Å². The molecule has 38 heavy (non-hydrogen) atoms. The minimum atomic E-state index is -1.09. The molecular formula is C26H33FN6O5. The van der Waals surface area contributed by atoms with Crippen LogP contribution in [0.3, 0.4) is 0 Å². The Kier molecular flexibility index (Phi) is 9.55. The standard InChI is InChI=1S/C26H33FN6O5/c1-2-23-31-24(32-38-23)18-13-29-26(30-14-18)33-9-7-17(8-10-33)4-3-11-37-20-5-6-21(22(27)12-20)25(36)28-15-19(35)16-34/h5-6,12-14,17,19,34-35H,2-4,7-11,15-16H2,1H3,(H,28,36). The average molecular weight is 529 g/mol. The number of hydrogen-bond acceptors (Lipinski definition) is 10. The van der Waals surface area contributed by atoms with Gasteiger partial charge >= 0.3 is 0 Å². The lowest BCUT2D eigenvalue weighted by atomic mass is 9.92. The topological polar surface area (TPSA) is 147 Å². The van der Waals surface area contributed by atoms with Gasteiger partial charge in [0.25, 0.3) is 5.91 Å². The second-order valence-electron chi connectivity index (χ2n) is 9.25. The van der Waals surface area contributed by atoms with Crippen LogP contribution in [0.1, 0.15) is 48.9 Å². The van der Waals surface area contributed by atoms with E-state index in [0.29, 0.717) is 42.4 Å². The van der Waals surface area contributed by atoms with Crippen LogP contribution in [0.15, 0.2) is 35.1 Å². The number of rotatable bonds is 12. The Morgan fingerprint density at radius 2 is 2.05 bits per heavy atom. The molecule has 11 nitrogen and oxygen atoms in total. The molecule has 3 N–H and O–H groups in total. The van der Waals surface area contributed by atoms with Gasteiger partial charge in [0.1, 0.15) is 11.6 Å². The number of piperidine rings is 1. The van der Waals surface area contributed by atoms with E-state index >= 15 is 0 Å². The summed E-state index contributed by atoms with van der Waals surface area (Å²) in [5, 5.41) is 24.4. The van der Waals surface area contributed by atoms with Crippen LogP contribution >= 0.6 is 0 Å². The van der Waals surface area contributed by atoms with Gasteiger partial charge in [0.15, 0.2) is 0 Å². The van der Waals surface area contributed by atoms with Gasteiger partial charge in [-0.1, -0.05) is 12.1 Å². The van der Waals surface area contributed by atoms with Gasteiger partial charge in [-0.3, -0.25) is 4.79 Å². The van der Waals surface area contributed by atoms with Crippen LogP contribution in [0, 0.1) is 11.7 Å². The number of hydrogen-bond donors (Lipinski definition) is 3. The van der Waals surface area contributed by atoms with Gasteiger partial charge < -0.3 is 29.7 Å². The highest BCUT2D eigenvalue weighted by molar-refractivity contribution is 5.94. The Balaban J connectivity index is 1.16. The molecule has 4 rings (SSSR count). The molecule has 204 valence electrons. The second kappa shape index (κ2) is 13.2. The quantitative estimate of drug-likeness (QED) is 0.299. The van der Waals surface area contributed by atoms with Gasteiger partial charge in [-0.25, -0.2) is 14.4 Å². The predicted molar refractivity (Wildman–Crippen MR) is 136 cm³/mol. The maximum atomic E-state index is 14.3. The predicted octanol–water partition coefficient (Wildman–Crippen LogP) is 2.39. The lowest BCUT2D eigenvalue weighted by molar-refractivity contribution is 0.0799. The van der Waals surface area contributed by atoms with Gasteiger partial charge in [0, 0.05) is 44.5 Å². The van der Waals surface area contributed by atoms with Crippen molar-refractivity contribution in [3.05, 3.63) is 47.9 Å². The molecule has 2 aromatic heterocycles.